The third kappa shape index (κ3) is 5.58. The van der Waals surface area contributed by atoms with Crippen LogP contribution in [0, 0.1) is 11.8 Å². The molecule has 1 aliphatic heterocycles. The fraction of sp³-hybridized carbons (Fsp3) is 0.619. The van der Waals surface area contributed by atoms with Gasteiger partial charge in [-0.1, -0.05) is 44.2 Å². The minimum Gasteiger partial charge on any atom is -0.343 e. The number of hydrogen-bond acceptors (Lipinski definition) is 2. The Hall–Kier alpha value is -1.84. The van der Waals surface area contributed by atoms with E-state index in [4.69, 9.17) is 0 Å². The van der Waals surface area contributed by atoms with Gasteiger partial charge in [-0.15, -0.1) is 0 Å². The van der Waals surface area contributed by atoms with Gasteiger partial charge in [-0.25, -0.2) is 0 Å². The number of benzene rings is 1. The standard InChI is InChI=1S/C21H32N2O2/c1-16(2)14-20(24)22-12-10-19(11-13-22)21(25)23(17(3)4)15-18-8-6-5-7-9-18/h5-9,16-17,19H,10-15H2,1-4H3. The number of hydrogen-bond donors (Lipinski definition) is 0. The van der Waals surface area contributed by atoms with E-state index in [-0.39, 0.29) is 23.8 Å². The Morgan fingerprint density at radius 1 is 1.08 bits per heavy atom. The Kier molecular flexibility index (Phi) is 7.03. The highest BCUT2D eigenvalue weighted by atomic mass is 16.2. The van der Waals surface area contributed by atoms with Crippen molar-refractivity contribution >= 4 is 11.8 Å². The van der Waals surface area contributed by atoms with Gasteiger partial charge in [0.1, 0.15) is 0 Å². The molecule has 138 valence electrons. The smallest absolute Gasteiger partial charge is 0.226 e. The highest BCUT2D eigenvalue weighted by Gasteiger charge is 2.31. The summed E-state index contributed by atoms with van der Waals surface area (Å²) >= 11 is 0. The van der Waals surface area contributed by atoms with Crippen molar-refractivity contribution in [3.05, 3.63) is 35.9 Å². The molecule has 0 N–H and O–H groups in total. The molecule has 2 rings (SSSR count). The fourth-order valence-corrected chi connectivity index (χ4v) is 3.38. The second-order valence-electron chi connectivity index (χ2n) is 7.80. The first kappa shape index (κ1) is 19.5. The van der Waals surface area contributed by atoms with Crippen molar-refractivity contribution in [1.82, 2.24) is 9.80 Å². The number of carbonyl (C=O) groups excluding carboxylic acids is 2. The van der Waals surface area contributed by atoms with Crippen LogP contribution in [0.5, 0.6) is 0 Å². The number of nitrogens with zero attached hydrogens (tertiary/aromatic N) is 2. The molecule has 1 aromatic rings. The normalized spacial score (nSPS) is 15.7. The van der Waals surface area contributed by atoms with Crippen molar-refractivity contribution in [2.24, 2.45) is 11.8 Å². The monoisotopic (exact) mass is 344 g/mol. The predicted octanol–water partition coefficient (Wildman–Crippen LogP) is 3.71. The van der Waals surface area contributed by atoms with E-state index in [2.05, 4.69) is 39.8 Å². The highest BCUT2D eigenvalue weighted by molar-refractivity contribution is 5.80. The minimum absolute atomic E-state index is 0.0363. The molecule has 0 spiro atoms. The van der Waals surface area contributed by atoms with Gasteiger partial charge in [-0.05, 0) is 38.2 Å². The van der Waals surface area contributed by atoms with Crippen LogP contribution in [-0.2, 0) is 16.1 Å². The van der Waals surface area contributed by atoms with E-state index < -0.39 is 0 Å². The van der Waals surface area contributed by atoms with Crippen molar-refractivity contribution in [2.45, 2.75) is 59.5 Å². The van der Waals surface area contributed by atoms with Crippen molar-refractivity contribution < 1.29 is 9.59 Å². The van der Waals surface area contributed by atoms with Gasteiger partial charge < -0.3 is 9.80 Å². The van der Waals surface area contributed by atoms with Gasteiger partial charge >= 0.3 is 0 Å². The van der Waals surface area contributed by atoms with E-state index in [1.165, 1.54) is 0 Å². The summed E-state index contributed by atoms with van der Waals surface area (Å²) in [7, 11) is 0. The third-order valence-electron chi connectivity index (χ3n) is 4.88. The molecule has 1 aromatic carbocycles. The summed E-state index contributed by atoms with van der Waals surface area (Å²) in [5.74, 6) is 0.879. The zero-order valence-electron chi connectivity index (χ0n) is 16.1. The van der Waals surface area contributed by atoms with Crippen molar-refractivity contribution in [3.8, 4) is 0 Å². The molecule has 0 aliphatic carbocycles. The van der Waals surface area contributed by atoms with E-state index in [1.54, 1.807) is 0 Å². The number of likely N-dealkylation sites (tertiary alicyclic amines) is 1. The van der Waals surface area contributed by atoms with Crippen LogP contribution in [-0.4, -0.2) is 40.7 Å². The lowest BCUT2D eigenvalue weighted by Gasteiger charge is -2.36. The average molecular weight is 344 g/mol. The molecular formula is C21H32N2O2. The summed E-state index contributed by atoms with van der Waals surface area (Å²) in [6.45, 7) is 10.4. The maximum absolute atomic E-state index is 13.0. The lowest BCUT2D eigenvalue weighted by molar-refractivity contribution is -0.142. The number of carbonyl (C=O) groups is 2. The second kappa shape index (κ2) is 9.02. The Bertz CT molecular complexity index is 561. The molecule has 0 radical (unpaired) electrons. The van der Waals surface area contributed by atoms with Crippen molar-refractivity contribution in [2.75, 3.05) is 13.1 Å². The van der Waals surface area contributed by atoms with E-state index in [0.29, 0.717) is 32.0 Å². The average Bonchev–Trinajstić information content (AvgIpc) is 2.59. The zero-order chi connectivity index (χ0) is 18.4. The molecular weight excluding hydrogens is 312 g/mol. The minimum atomic E-state index is 0.0363. The molecule has 1 aliphatic rings. The Labute approximate surface area is 152 Å². The lowest BCUT2D eigenvalue weighted by Crippen LogP contribution is -2.46. The molecule has 0 atom stereocenters. The molecule has 4 nitrogen and oxygen atoms in total. The third-order valence-corrected chi connectivity index (χ3v) is 4.88. The number of rotatable bonds is 6. The van der Waals surface area contributed by atoms with Crippen LogP contribution in [0.3, 0.4) is 0 Å². The first-order chi connectivity index (χ1) is 11.9. The summed E-state index contributed by atoms with van der Waals surface area (Å²) < 4.78 is 0. The van der Waals surface area contributed by atoms with Gasteiger partial charge in [0.05, 0.1) is 0 Å². The Morgan fingerprint density at radius 3 is 2.20 bits per heavy atom. The molecule has 2 amide bonds. The fourth-order valence-electron chi connectivity index (χ4n) is 3.38. The summed E-state index contributed by atoms with van der Waals surface area (Å²) in [6.07, 6.45) is 2.16. The van der Waals surface area contributed by atoms with Crippen LogP contribution >= 0.6 is 0 Å². The van der Waals surface area contributed by atoms with Gasteiger partial charge in [0.15, 0.2) is 0 Å². The molecule has 0 bridgehead atoms. The summed E-state index contributed by atoms with van der Waals surface area (Å²) in [5.41, 5.74) is 1.16. The summed E-state index contributed by atoms with van der Waals surface area (Å²) in [4.78, 5) is 29.1. The van der Waals surface area contributed by atoms with Crippen LogP contribution in [0.15, 0.2) is 30.3 Å². The molecule has 25 heavy (non-hydrogen) atoms. The molecule has 0 aromatic heterocycles. The number of piperidine rings is 1. The molecule has 0 unspecified atom stereocenters. The quantitative estimate of drug-likeness (QED) is 0.789. The maximum Gasteiger partial charge on any atom is 0.226 e. The largest absolute Gasteiger partial charge is 0.343 e. The van der Waals surface area contributed by atoms with Gasteiger partial charge in [0.2, 0.25) is 11.8 Å². The van der Waals surface area contributed by atoms with E-state index in [1.807, 2.05) is 28.0 Å². The maximum atomic E-state index is 13.0. The molecule has 1 heterocycles. The molecule has 0 saturated carbocycles. The van der Waals surface area contributed by atoms with E-state index in [9.17, 15) is 9.59 Å². The first-order valence-corrected chi connectivity index (χ1v) is 9.50. The first-order valence-electron chi connectivity index (χ1n) is 9.50. The van der Waals surface area contributed by atoms with Crippen LogP contribution in [0.4, 0.5) is 0 Å². The van der Waals surface area contributed by atoms with Gasteiger partial charge in [0, 0.05) is 38.0 Å². The van der Waals surface area contributed by atoms with Crippen LogP contribution in [0.1, 0.15) is 52.5 Å². The Balaban J connectivity index is 1.94. The van der Waals surface area contributed by atoms with Crippen LogP contribution < -0.4 is 0 Å². The van der Waals surface area contributed by atoms with E-state index >= 15 is 0 Å². The van der Waals surface area contributed by atoms with Crippen LogP contribution in [0.2, 0.25) is 0 Å². The topological polar surface area (TPSA) is 40.6 Å². The van der Waals surface area contributed by atoms with Crippen molar-refractivity contribution in [3.63, 3.8) is 0 Å². The summed E-state index contributed by atoms with van der Waals surface area (Å²) in [6, 6.07) is 10.3. The van der Waals surface area contributed by atoms with Gasteiger partial charge in [0.25, 0.3) is 0 Å². The van der Waals surface area contributed by atoms with Crippen molar-refractivity contribution in [1.29, 1.82) is 0 Å². The Morgan fingerprint density at radius 2 is 1.68 bits per heavy atom. The lowest BCUT2D eigenvalue weighted by atomic mass is 9.94. The van der Waals surface area contributed by atoms with Gasteiger partial charge in [-0.2, -0.15) is 0 Å². The number of amides is 2. The van der Waals surface area contributed by atoms with Gasteiger partial charge in [-0.3, -0.25) is 9.59 Å². The zero-order valence-corrected chi connectivity index (χ0v) is 16.1. The van der Waals surface area contributed by atoms with Crippen LogP contribution in [0.25, 0.3) is 0 Å². The SMILES string of the molecule is CC(C)CC(=O)N1CCC(C(=O)N(Cc2ccccc2)C(C)C)CC1. The highest BCUT2D eigenvalue weighted by Crippen LogP contribution is 2.23. The molecule has 1 fully saturated rings. The molecule has 1 saturated heterocycles. The predicted molar refractivity (Wildman–Crippen MR) is 101 cm³/mol. The second-order valence-corrected chi connectivity index (χ2v) is 7.80. The molecule has 4 heteroatoms. The summed E-state index contributed by atoms with van der Waals surface area (Å²) in [5, 5.41) is 0. The van der Waals surface area contributed by atoms with E-state index in [0.717, 1.165) is 18.4 Å².